The first-order valence-corrected chi connectivity index (χ1v) is 10.7. The van der Waals surface area contributed by atoms with Crippen LogP contribution in [0.25, 0.3) is 0 Å². The second kappa shape index (κ2) is 7.72. The average Bonchev–Trinajstić information content (AvgIpc) is 2.84. The number of hydrogen-bond donors (Lipinski definition) is 0. The van der Waals surface area contributed by atoms with Gasteiger partial charge in [0.1, 0.15) is 0 Å². The summed E-state index contributed by atoms with van der Waals surface area (Å²) >= 11 is 0. The first-order chi connectivity index (χ1) is 9.63. The predicted molar refractivity (Wildman–Crippen MR) is 85.7 cm³/mol. The van der Waals surface area contributed by atoms with Crippen LogP contribution in [0, 0.1) is 0 Å². The Morgan fingerprint density at radius 3 is 2.29 bits per heavy atom. The number of rotatable bonds is 7. The quantitative estimate of drug-likeness (QED) is 0.677. The smallest absolute Gasteiger partial charge is 0.219 e. The highest BCUT2D eigenvalue weighted by Gasteiger charge is 2.37. The maximum Gasteiger partial charge on any atom is 0.219 e. The van der Waals surface area contributed by atoms with Gasteiger partial charge in [-0.1, -0.05) is 20.8 Å². The van der Waals surface area contributed by atoms with E-state index in [1.165, 1.54) is 0 Å². The molecule has 0 radical (unpaired) electrons. The summed E-state index contributed by atoms with van der Waals surface area (Å²) in [5, 5.41) is 0.194. The Balaban J connectivity index is 2.35. The van der Waals surface area contributed by atoms with E-state index in [9.17, 15) is 4.79 Å². The van der Waals surface area contributed by atoms with Gasteiger partial charge in [0.05, 0.1) is 19.8 Å². The van der Waals surface area contributed by atoms with E-state index < -0.39 is 8.32 Å². The summed E-state index contributed by atoms with van der Waals surface area (Å²) in [6.45, 7) is 15.9. The zero-order valence-corrected chi connectivity index (χ0v) is 15.4. The minimum absolute atomic E-state index is 0.0758. The van der Waals surface area contributed by atoms with Gasteiger partial charge >= 0.3 is 0 Å². The van der Waals surface area contributed by atoms with E-state index in [0.29, 0.717) is 32.9 Å². The first-order valence-electron chi connectivity index (χ1n) is 7.76. The third-order valence-corrected chi connectivity index (χ3v) is 8.94. The molecule has 1 aliphatic rings. The van der Waals surface area contributed by atoms with E-state index in [1.807, 2.05) is 4.90 Å². The minimum atomic E-state index is -1.74. The second-order valence-electron chi connectivity index (χ2n) is 7.07. The maximum atomic E-state index is 11.7. The van der Waals surface area contributed by atoms with Gasteiger partial charge in [-0.15, -0.1) is 0 Å². The number of carbonyl (C=O) groups excluding carboxylic acids is 1. The number of ether oxygens (including phenoxy) is 2. The molecular formula is C15H31NO4Si. The number of nitrogens with zero attached hydrogens (tertiary/aromatic N) is 1. The summed E-state index contributed by atoms with van der Waals surface area (Å²) in [6.07, 6.45) is 0.563. The fraction of sp³-hybridized carbons (Fsp3) is 0.933. The van der Waals surface area contributed by atoms with Gasteiger partial charge in [0.25, 0.3) is 0 Å². The Morgan fingerprint density at radius 2 is 1.81 bits per heavy atom. The molecule has 0 aliphatic carbocycles. The van der Waals surface area contributed by atoms with Crippen molar-refractivity contribution >= 4 is 14.2 Å². The van der Waals surface area contributed by atoms with Crippen molar-refractivity contribution in [2.24, 2.45) is 0 Å². The van der Waals surface area contributed by atoms with Crippen LogP contribution in [-0.2, 0) is 18.7 Å². The second-order valence-corrected chi connectivity index (χ2v) is 11.9. The van der Waals surface area contributed by atoms with E-state index in [1.54, 1.807) is 6.92 Å². The van der Waals surface area contributed by atoms with Gasteiger partial charge in [-0.05, 0) is 18.1 Å². The number of amides is 1. The molecule has 0 aromatic heterocycles. The summed E-state index contributed by atoms with van der Waals surface area (Å²) in [4.78, 5) is 13.5. The lowest BCUT2D eigenvalue weighted by atomic mass is 10.2. The Hall–Kier alpha value is -0.433. The highest BCUT2D eigenvalue weighted by atomic mass is 28.4. The molecule has 0 atom stereocenters. The largest absolute Gasteiger partial charge is 0.415 e. The van der Waals surface area contributed by atoms with Crippen molar-refractivity contribution in [3.63, 3.8) is 0 Å². The molecule has 0 aromatic rings. The van der Waals surface area contributed by atoms with Crippen molar-refractivity contribution in [2.45, 2.75) is 58.5 Å². The molecule has 0 N–H and O–H groups in total. The fourth-order valence-corrected chi connectivity index (χ4v) is 2.92. The van der Waals surface area contributed by atoms with Gasteiger partial charge in [-0.3, -0.25) is 4.79 Å². The molecule has 1 saturated heterocycles. The fourth-order valence-electron chi connectivity index (χ4n) is 1.89. The summed E-state index contributed by atoms with van der Waals surface area (Å²) in [5.74, 6) is 0.0758. The van der Waals surface area contributed by atoms with Crippen molar-refractivity contribution in [3.05, 3.63) is 0 Å². The van der Waals surface area contributed by atoms with Gasteiger partial charge < -0.3 is 18.8 Å². The Bertz CT molecular complexity index is 335. The normalized spacial score (nSPS) is 17.2. The first kappa shape index (κ1) is 18.6. The molecule has 124 valence electrons. The van der Waals surface area contributed by atoms with Crippen LogP contribution in [0.15, 0.2) is 0 Å². The molecule has 0 aromatic carbocycles. The molecule has 21 heavy (non-hydrogen) atoms. The molecule has 5 nitrogen and oxygen atoms in total. The Labute approximate surface area is 130 Å². The van der Waals surface area contributed by atoms with Gasteiger partial charge in [0, 0.05) is 26.4 Å². The van der Waals surface area contributed by atoms with Crippen LogP contribution < -0.4 is 0 Å². The van der Waals surface area contributed by atoms with Gasteiger partial charge in [-0.25, -0.2) is 0 Å². The molecule has 1 heterocycles. The summed E-state index contributed by atoms with van der Waals surface area (Å²) in [6, 6.07) is 0. The maximum absolute atomic E-state index is 11.7. The zero-order chi connectivity index (χ0) is 16.1. The third-order valence-electron chi connectivity index (χ3n) is 4.40. The van der Waals surface area contributed by atoms with Crippen LogP contribution in [0.3, 0.4) is 0 Å². The summed E-state index contributed by atoms with van der Waals surface area (Å²) < 4.78 is 16.9. The Kier molecular flexibility index (Phi) is 6.84. The molecule has 1 aliphatic heterocycles. The van der Waals surface area contributed by atoms with E-state index in [2.05, 4.69) is 33.9 Å². The molecular weight excluding hydrogens is 286 g/mol. The van der Waals surface area contributed by atoms with Crippen molar-refractivity contribution < 1.29 is 18.7 Å². The van der Waals surface area contributed by atoms with Gasteiger partial charge in [-0.2, -0.15) is 0 Å². The van der Waals surface area contributed by atoms with E-state index >= 15 is 0 Å². The van der Waals surface area contributed by atoms with Crippen LogP contribution in [0.2, 0.25) is 18.1 Å². The van der Waals surface area contributed by atoms with E-state index in [0.717, 1.165) is 6.42 Å². The van der Waals surface area contributed by atoms with Crippen molar-refractivity contribution in [2.75, 3.05) is 32.9 Å². The molecule has 6 heteroatoms. The summed E-state index contributed by atoms with van der Waals surface area (Å²) in [5.41, 5.74) is 0. The molecule has 1 rings (SSSR count). The van der Waals surface area contributed by atoms with Crippen LogP contribution in [0.5, 0.6) is 0 Å². The Morgan fingerprint density at radius 1 is 1.24 bits per heavy atom. The van der Waals surface area contributed by atoms with Crippen molar-refractivity contribution in [1.82, 2.24) is 4.90 Å². The highest BCUT2D eigenvalue weighted by molar-refractivity contribution is 6.74. The average molecular weight is 318 g/mol. The lowest BCUT2D eigenvalue weighted by Crippen LogP contribution is -2.43. The van der Waals surface area contributed by atoms with Gasteiger partial charge in [0.2, 0.25) is 5.91 Å². The molecule has 1 fully saturated rings. The monoisotopic (exact) mass is 317 g/mol. The molecule has 0 unspecified atom stereocenters. The number of hydrogen-bond acceptors (Lipinski definition) is 4. The zero-order valence-electron chi connectivity index (χ0n) is 14.4. The standard InChI is InChI=1S/C15H31NO4Si/c1-13(17)16(8-7-14-18-11-12-19-14)9-10-20-21(5,6)15(2,3)4/h14H,7-12H2,1-6H3. The lowest BCUT2D eigenvalue weighted by Gasteiger charge is -2.36. The van der Waals surface area contributed by atoms with Crippen LogP contribution in [0.4, 0.5) is 0 Å². The van der Waals surface area contributed by atoms with Crippen molar-refractivity contribution in [1.29, 1.82) is 0 Å². The summed E-state index contributed by atoms with van der Waals surface area (Å²) in [7, 11) is -1.74. The van der Waals surface area contributed by atoms with Gasteiger partial charge in [0.15, 0.2) is 14.6 Å². The molecule has 0 spiro atoms. The van der Waals surface area contributed by atoms with Crippen LogP contribution in [-0.4, -0.2) is 58.3 Å². The van der Waals surface area contributed by atoms with E-state index in [-0.39, 0.29) is 17.2 Å². The molecule has 1 amide bonds. The van der Waals surface area contributed by atoms with Crippen LogP contribution >= 0.6 is 0 Å². The minimum Gasteiger partial charge on any atom is -0.415 e. The molecule has 0 saturated carbocycles. The molecule has 0 bridgehead atoms. The highest BCUT2D eigenvalue weighted by Crippen LogP contribution is 2.36. The van der Waals surface area contributed by atoms with Crippen molar-refractivity contribution in [3.8, 4) is 0 Å². The third kappa shape index (κ3) is 6.06. The lowest BCUT2D eigenvalue weighted by molar-refractivity contribution is -0.130. The SMILES string of the molecule is CC(=O)N(CCO[Si](C)(C)C(C)(C)C)CCC1OCCO1. The van der Waals surface area contributed by atoms with Crippen LogP contribution in [0.1, 0.15) is 34.1 Å². The predicted octanol–water partition coefficient (Wildman–Crippen LogP) is 2.62. The number of carbonyl (C=O) groups is 1. The van der Waals surface area contributed by atoms with E-state index in [4.69, 9.17) is 13.9 Å². The topological polar surface area (TPSA) is 48.0 Å².